The van der Waals surface area contributed by atoms with Crippen LogP contribution < -0.4 is 16.0 Å². The molecule has 0 saturated carbocycles. The Kier molecular flexibility index (Phi) is 5.67. The van der Waals surface area contributed by atoms with Crippen LogP contribution in [0.3, 0.4) is 0 Å². The standard InChI is InChI=1S/C15H20N6O2/c1-11(2)9-16-14(22)10-17-15(23)20-12-3-5-13(6-4-12)21-18-7-8-19-21/h3-8,11H,9-10H2,1-2H3,(H,16,22)(H2,17,20,23). The molecule has 2 rings (SSSR count). The monoisotopic (exact) mass is 316 g/mol. The summed E-state index contributed by atoms with van der Waals surface area (Å²) in [5, 5.41) is 15.9. The van der Waals surface area contributed by atoms with Gasteiger partial charge in [-0.15, -0.1) is 0 Å². The highest BCUT2D eigenvalue weighted by Gasteiger charge is 2.06. The van der Waals surface area contributed by atoms with Crippen molar-refractivity contribution in [1.82, 2.24) is 25.6 Å². The van der Waals surface area contributed by atoms with Crippen LogP contribution in [0, 0.1) is 5.92 Å². The summed E-state index contributed by atoms with van der Waals surface area (Å²) >= 11 is 0. The molecule has 0 unspecified atom stereocenters. The maximum Gasteiger partial charge on any atom is 0.319 e. The van der Waals surface area contributed by atoms with E-state index in [1.165, 1.54) is 4.80 Å². The van der Waals surface area contributed by atoms with E-state index in [0.29, 0.717) is 18.2 Å². The Labute approximate surface area is 134 Å². The van der Waals surface area contributed by atoms with Crippen LogP contribution in [0.25, 0.3) is 5.69 Å². The van der Waals surface area contributed by atoms with Gasteiger partial charge < -0.3 is 16.0 Å². The molecule has 0 saturated heterocycles. The highest BCUT2D eigenvalue weighted by molar-refractivity contribution is 5.92. The molecule has 8 nitrogen and oxygen atoms in total. The van der Waals surface area contributed by atoms with Crippen molar-refractivity contribution in [3.63, 3.8) is 0 Å². The summed E-state index contributed by atoms with van der Waals surface area (Å²) in [6, 6.07) is 6.60. The van der Waals surface area contributed by atoms with Crippen LogP contribution in [0.2, 0.25) is 0 Å². The largest absolute Gasteiger partial charge is 0.354 e. The van der Waals surface area contributed by atoms with Crippen molar-refractivity contribution in [3.05, 3.63) is 36.7 Å². The van der Waals surface area contributed by atoms with Gasteiger partial charge in [-0.2, -0.15) is 15.0 Å². The van der Waals surface area contributed by atoms with Crippen LogP contribution in [0.15, 0.2) is 36.7 Å². The van der Waals surface area contributed by atoms with E-state index >= 15 is 0 Å². The molecular weight excluding hydrogens is 296 g/mol. The third-order valence-electron chi connectivity index (χ3n) is 2.89. The lowest BCUT2D eigenvalue weighted by Gasteiger charge is -2.10. The fraction of sp³-hybridized carbons (Fsp3) is 0.333. The lowest BCUT2D eigenvalue weighted by Crippen LogP contribution is -2.39. The Bertz CT molecular complexity index is 636. The first-order valence-corrected chi connectivity index (χ1v) is 7.33. The summed E-state index contributed by atoms with van der Waals surface area (Å²) in [5.74, 6) is 0.157. The van der Waals surface area contributed by atoms with E-state index in [4.69, 9.17) is 0 Å². The minimum atomic E-state index is -0.435. The number of carbonyl (C=O) groups is 2. The number of amides is 3. The van der Waals surface area contributed by atoms with Gasteiger partial charge in [-0.25, -0.2) is 4.79 Å². The maximum absolute atomic E-state index is 11.7. The molecule has 1 aromatic carbocycles. The van der Waals surface area contributed by atoms with Gasteiger partial charge in [0.1, 0.15) is 0 Å². The molecule has 0 aliphatic carbocycles. The van der Waals surface area contributed by atoms with E-state index in [1.54, 1.807) is 36.7 Å². The first-order valence-electron chi connectivity index (χ1n) is 7.33. The number of nitrogens with one attached hydrogen (secondary N) is 3. The summed E-state index contributed by atoms with van der Waals surface area (Å²) in [7, 11) is 0. The molecule has 1 heterocycles. The Morgan fingerprint density at radius 2 is 1.74 bits per heavy atom. The van der Waals surface area contributed by atoms with Gasteiger partial charge in [-0.1, -0.05) is 13.8 Å². The zero-order chi connectivity index (χ0) is 16.7. The molecular formula is C15H20N6O2. The predicted octanol–water partition coefficient (Wildman–Crippen LogP) is 1.16. The lowest BCUT2D eigenvalue weighted by atomic mass is 10.2. The third kappa shape index (κ3) is 5.42. The average Bonchev–Trinajstić information content (AvgIpc) is 3.06. The van der Waals surface area contributed by atoms with Crippen LogP contribution >= 0.6 is 0 Å². The van der Waals surface area contributed by atoms with Gasteiger partial charge in [0.2, 0.25) is 5.91 Å². The average molecular weight is 316 g/mol. The third-order valence-corrected chi connectivity index (χ3v) is 2.89. The van der Waals surface area contributed by atoms with Gasteiger partial charge >= 0.3 is 6.03 Å². The molecule has 3 amide bonds. The molecule has 0 atom stereocenters. The number of carbonyl (C=O) groups excluding carboxylic acids is 2. The Morgan fingerprint density at radius 3 is 2.35 bits per heavy atom. The Balaban J connectivity index is 1.78. The quantitative estimate of drug-likeness (QED) is 0.744. The molecule has 8 heteroatoms. The normalized spacial score (nSPS) is 10.4. The molecule has 0 aliphatic heterocycles. The molecule has 122 valence electrons. The fourth-order valence-electron chi connectivity index (χ4n) is 1.74. The second-order valence-corrected chi connectivity index (χ2v) is 5.37. The number of anilines is 1. The second-order valence-electron chi connectivity index (χ2n) is 5.37. The Morgan fingerprint density at radius 1 is 1.09 bits per heavy atom. The molecule has 0 aliphatic rings. The van der Waals surface area contributed by atoms with Crippen molar-refractivity contribution >= 4 is 17.6 Å². The first kappa shape index (κ1) is 16.5. The number of hydrogen-bond acceptors (Lipinski definition) is 4. The summed E-state index contributed by atoms with van der Waals surface area (Å²) in [6.45, 7) is 4.53. The van der Waals surface area contributed by atoms with Crippen molar-refractivity contribution in [3.8, 4) is 5.69 Å². The summed E-state index contributed by atoms with van der Waals surface area (Å²) in [6.07, 6.45) is 3.17. The van der Waals surface area contributed by atoms with E-state index in [0.717, 1.165) is 5.69 Å². The van der Waals surface area contributed by atoms with Gasteiger partial charge in [-0.3, -0.25) is 4.79 Å². The van der Waals surface area contributed by atoms with Crippen LogP contribution in [-0.2, 0) is 4.79 Å². The van der Waals surface area contributed by atoms with E-state index in [2.05, 4.69) is 26.1 Å². The van der Waals surface area contributed by atoms with Gasteiger partial charge in [0.15, 0.2) is 0 Å². The van der Waals surface area contributed by atoms with Crippen molar-refractivity contribution in [2.75, 3.05) is 18.4 Å². The van der Waals surface area contributed by atoms with Gasteiger partial charge in [0.05, 0.1) is 24.6 Å². The minimum Gasteiger partial charge on any atom is -0.354 e. The first-order chi connectivity index (χ1) is 11.0. The van der Waals surface area contributed by atoms with Crippen LogP contribution in [0.4, 0.5) is 10.5 Å². The van der Waals surface area contributed by atoms with Crippen molar-refractivity contribution in [2.24, 2.45) is 5.92 Å². The van der Waals surface area contributed by atoms with Gasteiger partial charge in [0.25, 0.3) is 0 Å². The van der Waals surface area contributed by atoms with Crippen molar-refractivity contribution < 1.29 is 9.59 Å². The number of rotatable bonds is 6. The number of hydrogen-bond donors (Lipinski definition) is 3. The van der Waals surface area contributed by atoms with Crippen LogP contribution in [0.5, 0.6) is 0 Å². The molecule has 2 aromatic rings. The molecule has 1 aromatic heterocycles. The smallest absolute Gasteiger partial charge is 0.319 e. The zero-order valence-electron chi connectivity index (χ0n) is 13.1. The zero-order valence-corrected chi connectivity index (χ0v) is 13.1. The number of urea groups is 1. The lowest BCUT2D eigenvalue weighted by molar-refractivity contribution is -0.120. The number of aromatic nitrogens is 3. The van der Waals surface area contributed by atoms with E-state index in [-0.39, 0.29) is 12.5 Å². The fourth-order valence-corrected chi connectivity index (χ4v) is 1.74. The predicted molar refractivity (Wildman–Crippen MR) is 86.2 cm³/mol. The van der Waals surface area contributed by atoms with E-state index in [1.807, 2.05) is 13.8 Å². The maximum atomic E-state index is 11.7. The molecule has 0 radical (unpaired) electrons. The van der Waals surface area contributed by atoms with Crippen molar-refractivity contribution in [1.29, 1.82) is 0 Å². The number of benzene rings is 1. The molecule has 0 bridgehead atoms. The summed E-state index contributed by atoms with van der Waals surface area (Å²) in [5.41, 5.74) is 1.40. The SMILES string of the molecule is CC(C)CNC(=O)CNC(=O)Nc1ccc(-n2nccn2)cc1. The topological polar surface area (TPSA) is 101 Å². The van der Waals surface area contributed by atoms with E-state index < -0.39 is 6.03 Å². The van der Waals surface area contributed by atoms with Crippen molar-refractivity contribution in [2.45, 2.75) is 13.8 Å². The molecule has 23 heavy (non-hydrogen) atoms. The molecule has 0 spiro atoms. The van der Waals surface area contributed by atoms with Crippen LogP contribution in [0.1, 0.15) is 13.8 Å². The molecule has 3 N–H and O–H groups in total. The highest BCUT2D eigenvalue weighted by atomic mass is 16.2. The molecule has 0 fully saturated rings. The van der Waals surface area contributed by atoms with Gasteiger partial charge in [0, 0.05) is 12.2 Å². The number of nitrogens with zero attached hydrogens (tertiary/aromatic N) is 3. The highest BCUT2D eigenvalue weighted by Crippen LogP contribution is 2.11. The minimum absolute atomic E-state index is 0.0617. The van der Waals surface area contributed by atoms with Crippen LogP contribution in [-0.4, -0.2) is 40.0 Å². The second kappa shape index (κ2) is 7.92. The van der Waals surface area contributed by atoms with E-state index in [9.17, 15) is 9.59 Å². The Hall–Kier alpha value is -2.90. The summed E-state index contributed by atoms with van der Waals surface area (Å²) < 4.78 is 0. The van der Waals surface area contributed by atoms with Gasteiger partial charge in [-0.05, 0) is 30.2 Å². The summed E-state index contributed by atoms with van der Waals surface area (Å²) in [4.78, 5) is 24.7.